The van der Waals surface area contributed by atoms with Gasteiger partial charge in [-0.05, 0) is 29.8 Å². The van der Waals surface area contributed by atoms with Gasteiger partial charge in [-0.25, -0.2) is 0 Å². The van der Waals surface area contributed by atoms with Gasteiger partial charge in [-0.3, -0.25) is 4.98 Å². The fourth-order valence-corrected chi connectivity index (χ4v) is 3.43. The molecule has 1 aromatic carbocycles. The van der Waals surface area contributed by atoms with Crippen molar-refractivity contribution in [3.63, 3.8) is 0 Å². The molecular formula is C18H15F3NO3. The summed E-state index contributed by atoms with van der Waals surface area (Å²) in [5.74, 6) is -0.108. The normalized spacial score (nSPS) is 22.8. The predicted octanol–water partition coefficient (Wildman–Crippen LogP) is 3.83. The second-order valence-electron chi connectivity index (χ2n) is 5.97. The Morgan fingerprint density at radius 1 is 1.04 bits per heavy atom. The first-order valence-electron chi connectivity index (χ1n) is 7.88. The molecule has 1 radical (unpaired) electrons. The van der Waals surface area contributed by atoms with Crippen molar-refractivity contribution < 1.29 is 27.4 Å². The fraction of sp³-hybridized carbons (Fsp3) is 0.333. The number of rotatable bonds is 3. The lowest BCUT2D eigenvalue weighted by Crippen LogP contribution is -2.52. The van der Waals surface area contributed by atoms with Gasteiger partial charge in [0.1, 0.15) is 5.75 Å². The van der Waals surface area contributed by atoms with E-state index in [4.69, 9.17) is 9.47 Å². The summed E-state index contributed by atoms with van der Waals surface area (Å²) in [7, 11) is 0. The smallest absolute Gasteiger partial charge is 0.406 e. The first kappa shape index (κ1) is 16.4. The monoisotopic (exact) mass is 350 g/mol. The summed E-state index contributed by atoms with van der Waals surface area (Å²) < 4.78 is 52.5. The molecule has 1 saturated carbocycles. The molecule has 1 spiro atoms. The van der Waals surface area contributed by atoms with Crippen molar-refractivity contribution in [1.29, 1.82) is 0 Å². The number of halogens is 3. The van der Waals surface area contributed by atoms with Gasteiger partial charge in [-0.15, -0.1) is 13.2 Å². The van der Waals surface area contributed by atoms with E-state index in [-0.39, 0.29) is 11.7 Å². The Bertz CT molecular complexity index is 727. The van der Waals surface area contributed by atoms with Gasteiger partial charge in [0.2, 0.25) is 0 Å². The molecule has 1 unspecified atom stereocenters. The molecule has 131 valence electrons. The highest BCUT2D eigenvalue weighted by Gasteiger charge is 2.60. The number of nitrogens with zero attached hydrogens (tertiary/aromatic N) is 1. The zero-order valence-electron chi connectivity index (χ0n) is 13.1. The highest BCUT2D eigenvalue weighted by atomic mass is 19.4. The van der Waals surface area contributed by atoms with E-state index in [0.29, 0.717) is 19.6 Å². The summed E-state index contributed by atoms with van der Waals surface area (Å²) in [5, 5.41) is 0. The molecule has 2 heterocycles. The van der Waals surface area contributed by atoms with Crippen LogP contribution in [0.3, 0.4) is 0 Å². The Hall–Kier alpha value is -2.12. The maximum atomic E-state index is 12.3. The van der Waals surface area contributed by atoms with Gasteiger partial charge >= 0.3 is 6.36 Å². The van der Waals surface area contributed by atoms with Crippen LogP contribution in [0, 0.1) is 5.92 Å². The van der Waals surface area contributed by atoms with E-state index in [0.717, 1.165) is 17.2 Å². The van der Waals surface area contributed by atoms with Crippen LogP contribution in [0.2, 0.25) is 0 Å². The van der Waals surface area contributed by atoms with Gasteiger partial charge in [-0.2, -0.15) is 0 Å². The first-order valence-corrected chi connectivity index (χ1v) is 7.88. The molecule has 2 aliphatic rings. The van der Waals surface area contributed by atoms with Crippen molar-refractivity contribution in [2.75, 3.05) is 13.2 Å². The molecule has 7 heteroatoms. The number of alkyl halides is 3. The molecule has 0 amide bonds. The summed E-state index contributed by atoms with van der Waals surface area (Å²) in [5.41, 5.74) is 1.65. The summed E-state index contributed by atoms with van der Waals surface area (Å²) in [6.45, 7) is 1.05. The van der Waals surface area contributed by atoms with Crippen molar-refractivity contribution in [1.82, 2.24) is 4.98 Å². The molecule has 0 N–H and O–H groups in total. The zero-order chi connectivity index (χ0) is 17.5. The molecule has 1 atom stereocenters. The fourth-order valence-electron chi connectivity index (χ4n) is 3.43. The zero-order valence-corrected chi connectivity index (χ0v) is 13.1. The third-order valence-corrected chi connectivity index (χ3v) is 4.44. The minimum atomic E-state index is -4.70. The Labute approximate surface area is 142 Å². The topological polar surface area (TPSA) is 40.6 Å². The Morgan fingerprint density at radius 2 is 1.76 bits per heavy atom. The summed E-state index contributed by atoms with van der Waals surface area (Å²) in [6, 6.07) is 11.5. The Balaban J connectivity index is 1.59. The molecule has 25 heavy (non-hydrogen) atoms. The second kappa shape index (κ2) is 6.00. The number of aromatic nitrogens is 1. The third-order valence-electron chi connectivity index (χ3n) is 4.44. The van der Waals surface area contributed by atoms with E-state index in [1.165, 1.54) is 12.1 Å². The van der Waals surface area contributed by atoms with Crippen LogP contribution in [0.25, 0.3) is 0 Å². The second-order valence-corrected chi connectivity index (χ2v) is 5.97. The molecule has 2 fully saturated rings. The minimum absolute atomic E-state index is 0.175. The van der Waals surface area contributed by atoms with Crippen LogP contribution >= 0.6 is 0 Å². The van der Waals surface area contributed by atoms with E-state index in [1.807, 2.05) is 18.2 Å². The van der Waals surface area contributed by atoms with Crippen LogP contribution in [0.4, 0.5) is 13.2 Å². The molecule has 0 bridgehead atoms. The van der Waals surface area contributed by atoms with Gasteiger partial charge in [-0.1, -0.05) is 18.2 Å². The quantitative estimate of drug-likeness (QED) is 0.844. The molecule has 2 aromatic rings. The van der Waals surface area contributed by atoms with Crippen molar-refractivity contribution in [2.45, 2.75) is 24.5 Å². The van der Waals surface area contributed by atoms with Crippen LogP contribution in [0.1, 0.15) is 23.6 Å². The molecule has 1 aliphatic carbocycles. The summed E-state index contributed by atoms with van der Waals surface area (Å²) in [6.07, 6.45) is -2.43. The van der Waals surface area contributed by atoms with Crippen molar-refractivity contribution in [2.24, 2.45) is 0 Å². The molecule has 4 nitrogen and oxygen atoms in total. The number of hydrogen-bond donors (Lipinski definition) is 0. The molecule has 1 aromatic heterocycles. The van der Waals surface area contributed by atoms with E-state index in [9.17, 15) is 13.2 Å². The number of benzene rings is 1. The van der Waals surface area contributed by atoms with Crippen LogP contribution in [-0.4, -0.2) is 30.3 Å². The molecular weight excluding hydrogens is 335 g/mol. The van der Waals surface area contributed by atoms with Gasteiger partial charge in [0.25, 0.3) is 0 Å². The van der Waals surface area contributed by atoms with E-state index < -0.39 is 12.1 Å². The molecule has 1 aliphatic heterocycles. The molecule has 1 saturated heterocycles. The maximum Gasteiger partial charge on any atom is 0.573 e. The first-order chi connectivity index (χ1) is 12.0. The lowest BCUT2D eigenvalue weighted by atomic mass is 9.63. The number of hydrogen-bond acceptors (Lipinski definition) is 4. The highest BCUT2D eigenvalue weighted by molar-refractivity contribution is 5.47. The Kier molecular flexibility index (Phi) is 3.92. The average molecular weight is 350 g/mol. The summed E-state index contributed by atoms with van der Waals surface area (Å²) >= 11 is 0. The van der Waals surface area contributed by atoms with Crippen molar-refractivity contribution >= 4 is 0 Å². The summed E-state index contributed by atoms with van der Waals surface area (Å²) in [4.78, 5) is 4.41. The van der Waals surface area contributed by atoms with Gasteiger partial charge in [0, 0.05) is 24.2 Å². The lowest BCUT2D eigenvalue weighted by Gasteiger charge is -2.50. The van der Waals surface area contributed by atoms with E-state index in [2.05, 4.69) is 9.72 Å². The SMILES string of the molecule is FC(F)(F)Oc1ccc([C]2CC3(OCCO3)C2c2ccccn2)cc1. The maximum absolute atomic E-state index is 12.3. The molecule has 4 rings (SSSR count). The van der Waals surface area contributed by atoms with E-state index in [1.54, 1.807) is 18.3 Å². The largest absolute Gasteiger partial charge is 0.573 e. The van der Waals surface area contributed by atoms with Crippen molar-refractivity contribution in [3.05, 3.63) is 65.8 Å². The lowest BCUT2D eigenvalue weighted by molar-refractivity contribution is -0.274. The predicted molar refractivity (Wildman–Crippen MR) is 81.7 cm³/mol. The van der Waals surface area contributed by atoms with Crippen LogP contribution < -0.4 is 4.74 Å². The highest BCUT2D eigenvalue weighted by Crippen LogP contribution is 2.58. The van der Waals surface area contributed by atoms with Gasteiger partial charge < -0.3 is 14.2 Å². The van der Waals surface area contributed by atoms with Crippen LogP contribution in [0.5, 0.6) is 5.75 Å². The van der Waals surface area contributed by atoms with E-state index >= 15 is 0 Å². The Morgan fingerprint density at radius 3 is 2.36 bits per heavy atom. The van der Waals surface area contributed by atoms with Gasteiger partial charge in [0.05, 0.1) is 19.1 Å². The third kappa shape index (κ3) is 3.09. The van der Waals surface area contributed by atoms with Crippen molar-refractivity contribution in [3.8, 4) is 5.75 Å². The van der Waals surface area contributed by atoms with Crippen LogP contribution in [0.15, 0.2) is 48.7 Å². The van der Waals surface area contributed by atoms with Gasteiger partial charge in [0.15, 0.2) is 5.79 Å². The average Bonchev–Trinajstić information content (AvgIpc) is 3.05. The number of ether oxygens (including phenoxy) is 3. The van der Waals surface area contributed by atoms with Crippen LogP contribution in [-0.2, 0) is 9.47 Å². The standard InChI is InChI=1S/C18H15F3NO3/c19-18(20,21)25-13-6-4-12(5-7-13)14-11-17(23-9-10-24-17)16(14)15-3-1-2-8-22-15/h1-8,16H,9-11H2. The minimum Gasteiger partial charge on any atom is -0.406 e. The number of pyridine rings is 1.